The number of hydrogen-bond acceptors (Lipinski definition) is 3. The molecule has 0 aliphatic heterocycles. The molecule has 58 valence electrons. The standard InChI is InChI=1S/C6H13N3O/c1-6(2,9-8)4-3-5(7)10/h8H,3-4H2,1-2H3,(H2,7,10). The van der Waals surface area contributed by atoms with Crippen molar-refractivity contribution in [1.82, 2.24) is 0 Å². The number of hydrogen-bond donors (Lipinski definition) is 2. The maximum absolute atomic E-state index is 10.3. The van der Waals surface area contributed by atoms with Gasteiger partial charge in [-0.05, 0) is 20.3 Å². The van der Waals surface area contributed by atoms with E-state index in [0.717, 1.165) is 0 Å². The first-order valence-electron chi connectivity index (χ1n) is 3.15. The van der Waals surface area contributed by atoms with E-state index in [0.29, 0.717) is 12.8 Å². The molecule has 0 heterocycles. The molecule has 1 amide bonds. The van der Waals surface area contributed by atoms with Crippen molar-refractivity contribution in [3.05, 3.63) is 0 Å². The molecule has 0 aliphatic rings. The average molecular weight is 143 g/mol. The second-order valence-corrected chi connectivity index (χ2v) is 2.89. The van der Waals surface area contributed by atoms with Crippen LogP contribution in [0, 0.1) is 5.53 Å². The van der Waals surface area contributed by atoms with E-state index in [2.05, 4.69) is 5.11 Å². The number of carbonyl (C=O) groups is 1. The van der Waals surface area contributed by atoms with Gasteiger partial charge in [0.05, 0.1) is 5.54 Å². The van der Waals surface area contributed by atoms with Crippen LogP contribution < -0.4 is 5.73 Å². The topological polar surface area (TPSA) is 79.3 Å². The van der Waals surface area contributed by atoms with Crippen LogP contribution in [0.3, 0.4) is 0 Å². The summed E-state index contributed by atoms with van der Waals surface area (Å²) in [5.74, 6) is -0.336. The van der Waals surface area contributed by atoms with Crippen LogP contribution >= 0.6 is 0 Å². The van der Waals surface area contributed by atoms with Gasteiger partial charge in [0.25, 0.3) is 0 Å². The number of primary amides is 1. The summed E-state index contributed by atoms with van der Waals surface area (Å²) < 4.78 is 0. The van der Waals surface area contributed by atoms with Crippen molar-refractivity contribution in [3.8, 4) is 0 Å². The lowest BCUT2D eigenvalue weighted by molar-refractivity contribution is -0.118. The molecule has 0 bridgehead atoms. The second-order valence-electron chi connectivity index (χ2n) is 2.89. The SMILES string of the molecule is CC(C)(CCC(N)=O)N=N. The second kappa shape index (κ2) is 3.29. The van der Waals surface area contributed by atoms with Crippen molar-refractivity contribution in [2.45, 2.75) is 32.2 Å². The number of carbonyl (C=O) groups excluding carboxylic acids is 1. The highest BCUT2D eigenvalue weighted by molar-refractivity contribution is 5.73. The van der Waals surface area contributed by atoms with Crippen LogP contribution in [0.4, 0.5) is 0 Å². The van der Waals surface area contributed by atoms with Gasteiger partial charge in [-0.2, -0.15) is 5.11 Å². The van der Waals surface area contributed by atoms with E-state index >= 15 is 0 Å². The van der Waals surface area contributed by atoms with Crippen LogP contribution in [0.15, 0.2) is 5.11 Å². The van der Waals surface area contributed by atoms with Crippen molar-refractivity contribution in [3.63, 3.8) is 0 Å². The molecule has 4 heteroatoms. The zero-order valence-corrected chi connectivity index (χ0v) is 6.35. The summed E-state index contributed by atoms with van der Waals surface area (Å²) in [5, 5.41) is 3.33. The van der Waals surface area contributed by atoms with Gasteiger partial charge in [-0.1, -0.05) is 0 Å². The fourth-order valence-corrected chi connectivity index (χ4v) is 0.485. The maximum atomic E-state index is 10.3. The van der Waals surface area contributed by atoms with Crippen LogP contribution in [0.2, 0.25) is 0 Å². The predicted molar refractivity (Wildman–Crippen MR) is 37.7 cm³/mol. The zero-order chi connectivity index (χ0) is 8.20. The molecular formula is C6H13N3O. The van der Waals surface area contributed by atoms with Crippen molar-refractivity contribution in [2.75, 3.05) is 0 Å². The summed E-state index contributed by atoms with van der Waals surface area (Å²) in [6.45, 7) is 3.59. The molecule has 0 aromatic carbocycles. The minimum Gasteiger partial charge on any atom is -0.370 e. The molecule has 4 nitrogen and oxygen atoms in total. The molecule has 0 atom stereocenters. The third kappa shape index (κ3) is 4.00. The Hall–Kier alpha value is -0.930. The quantitative estimate of drug-likeness (QED) is 0.567. The van der Waals surface area contributed by atoms with E-state index in [-0.39, 0.29) is 5.91 Å². The zero-order valence-electron chi connectivity index (χ0n) is 6.35. The molecule has 3 N–H and O–H groups in total. The molecule has 0 radical (unpaired) electrons. The number of nitrogens with zero attached hydrogens (tertiary/aromatic N) is 1. The molecular weight excluding hydrogens is 130 g/mol. The summed E-state index contributed by atoms with van der Waals surface area (Å²) >= 11 is 0. The smallest absolute Gasteiger partial charge is 0.217 e. The Bertz CT molecular complexity index is 142. The Labute approximate surface area is 60.3 Å². The summed E-state index contributed by atoms with van der Waals surface area (Å²) in [4.78, 5) is 10.3. The Morgan fingerprint density at radius 3 is 2.50 bits per heavy atom. The summed E-state index contributed by atoms with van der Waals surface area (Å²) in [7, 11) is 0. The molecule has 0 aromatic rings. The number of nitrogens with one attached hydrogen (secondary N) is 1. The van der Waals surface area contributed by atoms with Gasteiger partial charge >= 0.3 is 0 Å². The Morgan fingerprint density at radius 1 is 1.70 bits per heavy atom. The minimum atomic E-state index is -0.435. The summed E-state index contributed by atoms with van der Waals surface area (Å²) in [5.41, 5.74) is 11.2. The molecule has 0 saturated carbocycles. The molecule has 0 aromatic heterocycles. The van der Waals surface area contributed by atoms with E-state index in [4.69, 9.17) is 11.3 Å². The van der Waals surface area contributed by atoms with Gasteiger partial charge in [-0.25, -0.2) is 5.53 Å². The highest BCUT2D eigenvalue weighted by Crippen LogP contribution is 2.14. The fourth-order valence-electron chi connectivity index (χ4n) is 0.485. The molecule has 0 rings (SSSR count). The monoisotopic (exact) mass is 143 g/mol. The lowest BCUT2D eigenvalue weighted by Gasteiger charge is -2.14. The van der Waals surface area contributed by atoms with Gasteiger partial charge in [-0.3, -0.25) is 4.79 Å². The average Bonchev–Trinajstić information content (AvgIpc) is 1.85. The lowest BCUT2D eigenvalue weighted by Crippen LogP contribution is -2.20. The van der Waals surface area contributed by atoms with E-state index < -0.39 is 5.54 Å². The van der Waals surface area contributed by atoms with Gasteiger partial charge in [0.15, 0.2) is 0 Å². The predicted octanol–water partition coefficient (Wildman–Crippen LogP) is 1.06. The number of nitrogens with two attached hydrogens (primary N) is 1. The molecule has 0 spiro atoms. The van der Waals surface area contributed by atoms with Crippen molar-refractivity contribution in [2.24, 2.45) is 10.8 Å². The highest BCUT2D eigenvalue weighted by Gasteiger charge is 2.16. The van der Waals surface area contributed by atoms with Crippen LogP contribution in [-0.2, 0) is 4.79 Å². The first kappa shape index (κ1) is 9.07. The normalized spacial score (nSPS) is 11.0. The van der Waals surface area contributed by atoms with Crippen molar-refractivity contribution < 1.29 is 4.79 Å². The highest BCUT2D eigenvalue weighted by atomic mass is 16.1. The van der Waals surface area contributed by atoms with E-state index in [9.17, 15) is 4.79 Å². The third-order valence-electron chi connectivity index (χ3n) is 1.29. The van der Waals surface area contributed by atoms with Crippen LogP contribution in [0.25, 0.3) is 0 Å². The molecule has 0 aliphatic carbocycles. The van der Waals surface area contributed by atoms with Crippen LogP contribution in [0.1, 0.15) is 26.7 Å². The van der Waals surface area contributed by atoms with Gasteiger partial charge in [-0.15, -0.1) is 0 Å². The third-order valence-corrected chi connectivity index (χ3v) is 1.29. The van der Waals surface area contributed by atoms with E-state index in [1.54, 1.807) is 13.8 Å². The molecule has 0 unspecified atom stereocenters. The van der Waals surface area contributed by atoms with Crippen molar-refractivity contribution in [1.29, 1.82) is 5.53 Å². The molecule has 0 saturated heterocycles. The van der Waals surface area contributed by atoms with Gasteiger partial charge in [0, 0.05) is 6.42 Å². The first-order chi connectivity index (χ1) is 4.48. The van der Waals surface area contributed by atoms with Crippen LogP contribution in [0.5, 0.6) is 0 Å². The number of rotatable bonds is 4. The van der Waals surface area contributed by atoms with Gasteiger partial charge in [0.1, 0.15) is 0 Å². The first-order valence-corrected chi connectivity index (χ1v) is 3.15. The van der Waals surface area contributed by atoms with Crippen molar-refractivity contribution >= 4 is 5.91 Å². The lowest BCUT2D eigenvalue weighted by atomic mass is 10.00. The number of amides is 1. The largest absolute Gasteiger partial charge is 0.370 e. The fraction of sp³-hybridized carbons (Fsp3) is 0.833. The van der Waals surface area contributed by atoms with Gasteiger partial charge in [0.2, 0.25) is 5.91 Å². The Kier molecular flexibility index (Phi) is 2.99. The molecule has 0 fully saturated rings. The summed E-state index contributed by atoms with van der Waals surface area (Å²) in [6.07, 6.45) is 0.848. The van der Waals surface area contributed by atoms with Gasteiger partial charge < -0.3 is 5.73 Å². The van der Waals surface area contributed by atoms with Crippen LogP contribution in [-0.4, -0.2) is 11.4 Å². The maximum Gasteiger partial charge on any atom is 0.217 e. The summed E-state index contributed by atoms with van der Waals surface area (Å²) in [6, 6.07) is 0. The van der Waals surface area contributed by atoms with E-state index in [1.807, 2.05) is 0 Å². The van der Waals surface area contributed by atoms with E-state index in [1.165, 1.54) is 0 Å². The Balaban J connectivity index is 3.67. The Morgan fingerprint density at radius 2 is 2.20 bits per heavy atom. The minimum absolute atomic E-state index is 0.301. The molecule has 10 heavy (non-hydrogen) atoms.